The summed E-state index contributed by atoms with van der Waals surface area (Å²) in [4.78, 5) is 0. The van der Waals surface area contributed by atoms with E-state index in [1.165, 1.54) is 11.3 Å². The lowest BCUT2D eigenvalue weighted by Gasteiger charge is -2.04. The first-order valence-electron chi connectivity index (χ1n) is 4.74. The van der Waals surface area contributed by atoms with Crippen LogP contribution in [0.2, 0.25) is 0 Å². The van der Waals surface area contributed by atoms with Gasteiger partial charge in [0.1, 0.15) is 0 Å². The van der Waals surface area contributed by atoms with E-state index in [9.17, 15) is 8.42 Å². The summed E-state index contributed by atoms with van der Waals surface area (Å²) >= 11 is 1.39. The van der Waals surface area contributed by atoms with Gasteiger partial charge in [0.2, 0.25) is 5.03 Å². The van der Waals surface area contributed by atoms with Crippen molar-refractivity contribution >= 4 is 27.0 Å². The van der Waals surface area contributed by atoms with Gasteiger partial charge in [-0.2, -0.15) is 24.9 Å². The average Bonchev–Trinajstić information content (AvgIpc) is 2.86. The van der Waals surface area contributed by atoms with Crippen molar-refractivity contribution in [3.8, 4) is 0 Å². The molecule has 92 valence electrons. The van der Waals surface area contributed by atoms with Gasteiger partial charge in [-0.1, -0.05) is 0 Å². The SMILES string of the molecule is Cc1[nH]nc(S(=O)(=O)Nc2ccsc2)c1CO. The van der Waals surface area contributed by atoms with E-state index in [2.05, 4.69) is 14.9 Å². The molecule has 0 spiro atoms. The summed E-state index contributed by atoms with van der Waals surface area (Å²) in [5.41, 5.74) is 1.31. The number of aliphatic hydroxyl groups excluding tert-OH is 1. The number of hydrogen-bond acceptors (Lipinski definition) is 5. The summed E-state index contributed by atoms with van der Waals surface area (Å²) in [5.74, 6) is 0. The quantitative estimate of drug-likeness (QED) is 0.776. The van der Waals surface area contributed by atoms with Gasteiger partial charge in [-0.05, 0) is 18.4 Å². The van der Waals surface area contributed by atoms with Crippen molar-refractivity contribution in [1.29, 1.82) is 0 Å². The summed E-state index contributed by atoms with van der Waals surface area (Å²) in [6.07, 6.45) is 0. The van der Waals surface area contributed by atoms with Gasteiger partial charge in [0.05, 0.1) is 12.3 Å². The van der Waals surface area contributed by atoms with Gasteiger partial charge in [-0.25, -0.2) is 0 Å². The van der Waals surface area contributed by atoms with Gasteiger partial charge in [0.15, 0.2) is 0 Å². The highest BCUT2D eigenvalue weighted by atomic mass is 32.2. The van der Waals surface area contributed by atoms with Crippen LogP contribution in [0.3, 0.4) is 0 Å². The van der Waals surface area contributed by atoms with Crippen LogP contribution < -0.4 is 4.72 Å². The summed E-state index contributed by atoms with van der Waals surface area (Å²) in [6, 6.07) is 1.65. The van der Waals surface area contributed by atoms with Crippen LogP contribution in [0, 0.1) is 6.92 Å². The van der Waals surface area contributed by atoms with Crippen LogP contribution in [0.1, 0.15) is 11.3 Å². The number of rotatable bonds is 4. The first-order chi connectivity index (χ1) is 8.04. The van der Waals surface area contributed by atoms with Crippen LogP contribution in [0.25, 0.3) is 0 Å². The third-order valence-corrected chi connectivity index (χ3v) is 4.26. The highest BCUT2D eigenvalue weighted by Crippen LogP contribution is 2.21. The second-order valence-corrected chi connectivity index (χ2v) is 5.79. The number of aromatic nitrogens is 2. The van der Waals surface area contributed by atoms with E-state index in [0.717, 1.165) is 0 Å². The molecule has 0 bridgehead atoms. The molecule has 0 aliphatic rings. The smallest absolute Gasteiger partial charge is 0.281 e. The highest BCUT2D eigenvalue weighted by Gasteiger charge is 2.23. The molecular weight excluding hydrogens is 262 g/mol. The summed E-state index contributed by atoms with van der Waals surface area (Å²) in [6.45, 7) is 1.28. The molecule has 0 saturated carbocycles. The zero-order valence-electron chi connectivity index (χ0n) is 8.97. The maximum atomic E-state index is 12.0. The zero-order chi connectivity index (χ0) is 12.5. The molecule has 0 unspecified atom stereocenters. The number of hydrogen-bond donors (Lipinski definition) is 3. The summed E-state index contributed by atoms with van der Waals surface area (Å²) < 4.78 is 26.4. The molecule has 17 heavy (non-hydrogen) atoms. The third-order valence-electron chi connectivity index (χ3n) is 2.22. The maximum Gasteiger partial charge on any atom is 0.281 e. The molecule has 2 aromatic heterocycles. The lowest BCUT2D eigenvalue weighted by molar-refractivity contribution is 0.277. The van der Waals surface area contributed by atoms with E-state index in [1.54, 1.807) is 23.8 Å². The average molecular weight is 273 g/mol. The predicted molar refractivity (Wildman–Crippen MR) is 64.4 cm³/mol. The van der Waals surface area contributed by atoms with Gasteiger partial charge < -0.3 is 5.11 Å². The largest absolute Gasteiger partial charge is 0.392 e. The number of nitrogens with one attached hydrogen (secondary N) is 2. The van der Waals surface area contributed by atoms with Gasteiger partial charge in [-0.3, -0.25) is 9.82 Å². The van der Waals surface area contributed by atoms with Crippen LogP contribution in [0.4, 0.5) is 5.69 Å². The minimum absolute atomic E-state index is 0.163. The lowest BCUT2D eigenvalue weighted by Crippen LogP contribution is -2.14. The number of thiophene rings is 1. The topological polar surface area (TPSA) is 95.1 Å². The number of aliphatic hydroxyl groups is 1. The number of aromatic amines is 1. The van der Waals surface area contributed by atoms with Crippen molar-refractivity contribution in [2.45, 2.75) is 18.6 Å². The Hall–Kier alpha value is -1.38. The number of sulfonamides is 1. The Balaban J connectivity index is 2.38. The van der Waals surface area contributed by atoms with Crippen LogP contribution in [-0.2, 0) is 16.6 Å². The molecule has 8 heteroatoms. The van der Waals surface area contributed by atoms with Crippen LogP contribution >= 0.6 is 11.3 Å². The van der Waals surface area contributed by atoms with Crippen molar-refractivity contribution in [3.05, 3.63) is 28.1 Å². The number of nitrogens with zero attached hydrogens (tertiary/aromatic N) is 1. The normalized spacial score (nSPS) is 11.6. The summed E-state index contributed by atoms with van der Waals surface area (Å²) in [5, 5.41) is 18.7. The Labute approximate surface area is 102 Å². The first-order valence-corrected chi connectivity index (χ1v) is 7.17. The highest BCUT2D eigenvalue weighted by molar-refractivity contribution is 7.92. The van der Waals surface area contributed by atoms with E-state index < -0.39 is 10.0 Å². The fraction of sp³-hybridized carbons (Fsp3) is 0.222. The molecule has 0 saturated heterocycles. The number of anilines is 1. The molecule has 0 aromatic carbocycles. The molecule has 2 rings (SSSR count). The van der Waals surface area contributed by atoms with Crippen LogP contribution in [0.15, 0.2) is 21.9 Å². The monoisotopic (exact) mass is 273 g/mol. The van der Waals surface area contributed by atoms with Crippen LogP contribution in [-0.4, -0.2) is 23.7 Å². The van der Waals surface area contributed by atoms with Gasteiger partial charge >= 0.3 is 0 Å². The van der Waals surface area contributed by atoms with Crippen molar-refractivity contribution in [2.24, 2.45) is 0 Å². The Morgan fingerprint density at radius 3 is 2.94 bits per heavy atom. The van der Waals surface area contributed by atoms with E-state index in [0.29, 0.717) is 11.4 Å². The molecule has 6 nitrogen and oxygen atoms in total. The third kappa shape index (κ3) is 2.33. The van der Waals surface area contributed by atoms with Gasteiger partial charge in [-0.15, -0.1) is 0 Å². The fourth-order valence-corrected chi connectivity index (χ4v) is 3.27. The molecule has 3 N–H and O–H groups in total. The van der Waals surface area contributed by atoms with Gasteiger partial charge in [0.25, 0.3) is 10.0 Å². The van der Waals surface area contributed by atoms with Crippen molar-refractivity contribution in [1.82, 2.24) is 10.2 Å². The molecular formula is C9H11N3O3S2. The Bertz CT molecular complexity index is 601. The summed E-state index contributed by atoms with van der Waals surface area (Å²) in [7, 11) is -3.75. The van der Waals surface area contributed by atoms with Gasteiger partial charge in [0, 0.05) is 16.6 Å². The lowest BCUT2D eigenvalue weighted by atomic mass is 10.3. The van der Waals surface area contributed by atoms with Crippen LogP contribution in [0.5, 0.6) is 0 Å². The maximum absolute atomic E-state index is 12.0. The Kier molecular flexibility index (Phi) is 3.18. The molecule has 2 heterocycles. The zero-order valence-corrected chi connectivity index (χ0v) is 10.6. The number of aryl methyl sites for hydroxylation is 1. The second-order valence-electron chi connectivity index (χ2n) is 3.41. The molecule has 2 aromatic rings. The van der Waals surface area contributed by atoms with E-state index >= 15 is 0 Å². The first kappa shape index (κ1) is 12.1. The van der Waals surface area contributed by atoms with E-state index in [-0.39, 0.29) is 17.2 Å². The van der Waals surface area contributed by atoms with Crippen molar-refractivity contribution < 1.29 is 13.5 Å². The fourth-order valence-electron chi connectivity index (χ4n) is 1.36. The minimum atomic E-state index is -3.75. The molecule has 0 amide bonds. The molecule has 0 aliphatic carbocycles. The predicted octanol–water partition coefficient (Wildman–Crippen LogP) is 1.07. The molecule has 0 fully saturated rings. The number of H-pyrrole nitrogens is 1. The molecule has 0 radical (unpaired) electrons. The Morgan fingerprint density at radius 2 is 2.35 bits per heavy atom. The van der Waals surface area contributed by atoms with E-state index in [1.807, 2.05) is 0 Å². The minimum Gasteiger partial charge on any atom is -0.392 e. The standard InChI is InChI=1S/C9H11N3O3S2/c1-6-8(4-13)9(11-10-6)17(14,15)12-7-2-3-16-5-7/h2-3,5,12-13H,4H2,1H3,(H,10,11). The molecule has 0 aliphatic heterocycles. The molecule has 0 atom stereocenters. The van der Waals surface area contributed by atoms with Crippen molar-refractivity contribution in [3.63, 3.8) is 0 Å². The van der Waals surface area contributed by atoms with E-state index in [4.69, 9.17) is 5.11 Å². The van der Waals surface area contributed by atoms with Crippen molar-refractivity contribution in [2.75, 3.05) is 4.72 Å². The second kappa shape index (κ2) is 4.47. The Morgan fingerprint density at radius 1 is 1.59 bits per heavy atom.